The molecule has 1 N–H and O–H groups in total. The number of rotatable bonds is 8. The Morgan fingerprint density at radius 1 is 0.963 bits per heavy atom. The van der Waals surface area contributed by atoms with Crippen molar-refractivity contribution in [2.45, 2.75) is 13.8 Å². The Morgan fingerprint density at radius 2 is 1.56 bits per heavy atom. The van der Waals surface area contributed by atoms with E-state index in [0.29, 0.717) is 47.5 Å². The Balaban J connectivity index is 2.41. The molecule has 0 atom stereocenters. The molecule has 142 valence electrons. The Hall–Kier alpha value is -3.47. The van der Waals surface area contributed by atoms with Crippen LogP contribution in [0.25, 0.3) is 4.98 Å². The van der Waals surface area contributed by atoms with Crippen LogP contribution in [0.2, 0.25) is 0 Å². The quantitative estimate of drug-likeness (QED) is 0.697. The maximum atomic E-state index is 12.7. The zero-order valence-electron chi connectivity index (χ0n) is 15.7. The van der Waals surface area contributed by atoms with E-state index in [2.05, 4.69) is 10.3 Å². The van der Waals surface area contributed by atoms with Crippen LogP contribution in [-0.2, 0) is 0 Å². The van der Waals surface area contributed by atoms with Gasteiger partial charge in [-0.05, 0) is 26.0 Å². The zero-order chi connectivity index (χ0) is 19.8. The van der Waals surface area contributed by atoms with Crippen LogP contribution in [0.15, 0.2) is 30.3 Å². The van der Waals surface area contributed by atoms with Crippen LogP contribution in [0.3, 0.4) is 0 Å². The molecule has 0 aliphatic heterocycles. The number of amides is 1. The fourth-order valence-corrected chi connectivity index (χ4v) is 2.40. The molecule has 0 unspecified atom stereocenters. The molecule has 0 aliphatic rings. The maximum Gasteiger partial charge on any atom is 0.430 e. The van der Waals surface area contributed by atoms with Crippen LogP contribution in [0.4, 0.5) is 11.4 Å². The van der Waals surface area contributed by atoms with E-state index < -0.39 is 0 Å². The lowest BCUT2D eigenvalue weighted by molar-refractivity contribution is 0.102. The largest absolute Gasteiger partial charge is 0.497 e. The number of methoxy groups -OCH3 is 2. The average molecular weight is 372 g/mol. The van der Waals surface area contributed by atoms with Crippen molar-refractivity contribution in [3.63, 3.8) is 0 Å². The normalized spacial score (nSPS) is 9.89. The predicted octanol–water partition coefficient (Wildman–Crippen LogP) is 4.24. The van der Waals surface area contributed by atoms with E-state index in [9.17, 15) is 10.2 Å². The topological polar surface area (TPSA) is 94.2 Å². The van der Waals surface area contributed by atoms with Gasteiger partial charge in [0.1, 0.15) is 11.5 Å². The van der Waals surface area contributed by atoms with Crippen molar-refractivity contribution in [1.82, 2.24) is 0 Å². The summed E-state index contributed by atoms with van der Waals surface area (Å²) >= 11 is 0. The van der Waals surface area contributed by atoms with E-state index >= 15 is 0 Å². The lowest BCUT2D eigenvalue weighted by atomic mass is 10.1. The second-order valence-corrected chi connectivity index (χ2v) is 5.34. The monoisotopic (exact) mass is 372 g/mol. The van der Waals surface area contributed by atoms with Crippen molar-refractivity contribution in [1.29, 1.82) is 5.39 Å². The van der Waals surface area contributed by atoms with Crippen LogP contribution in [0.1, 0.15) is 24.2 Å². The van der Waals surface area contributed by atoms with Gasteiger partial charge in [-0.25, -0.2) is 0 Å². The lowest BCUT2D eigenvalue weighted by Gasteiger charge is -2.13. The van der Waals surface area contributed by atoms with Crippen LogP contribution >= 0.6 is 0 Å². The minimum absolute atomic E-state index is 0.210. The van der Waals surface area contributed by atoms with Crippen LogP contribution < -0.4 is 24.3 Å². The van der Waals surface area contributed by atoms with Gasteiger partial charge < -0.3 is 24.3 Å². The first kappa shape index (κ1) is 19.8. The molecular weight excluding hydrogens is 350 g/mol. The van der Waals surface area contributed by atoms with Gasteiger partial charge in [-0.1, -0.05) is 0 Å². The predicted molar refractivity (Wildman–Crippen MR) is 101 cm³/mol. The molecule has 0 aliphatic carbocycles. The third kappa shape index (κ3) is 4.79. The standard InChI is InChI=1S/C19H21N3O5/c1-5-26-17-11-16(22-20)18(27-6-2)10-15(17)21-19(23)12-7-13(24-3)9-14(8-12)25-4/h7-11H,5-6H2,1-4H3/p+1. The first-order valence-corrected chi connectivity index (χ1v) is 8.39. The Kier molecular flexibility index (Phi) is 6.83. The maximum absolute atomic E-state index is 12.7. The van der Waals surface area contributed by atoms with Gasteiger partial charge in [-0.2, -0.15) is 0 Å². The van der Waals surface area contributed by atoms with Crippen molar-refractivity contribution in [2.75, 3.05) is 32.8 Å². The molecule has 8 heteroatoms. The second kappa shape index (κ2) is 9.29. The van der Waals surface area contributed by atoms with Gasteiger partial charge in [0.05, 0.1) is 39.2 Å². The minimum Gasteiger partial charge on any atom is -0.497 e. The highest BCUT2D eigenvalue weighted by Crippen LogP contribution is 2.39. The number of carbonyl (C=O) groups excluding carboxylic acids is 1. The van der Waals surface area contributed by atoms with Crippen LogP contribution in [0.5, 0.6) is 23.0 Å². The van der Waals surface area contributed by atoms with E-state index in [0.717, 1.165) is 0 Å². The van der Waals surface area contributed by atoms with Crippen molar-refractivity contribution >= 4 is 17.3 Å². The summed E-state index contributed by atoms with van der Waals surface area (Å²) in [5, 5.41) is 12.0. The first-order valence-electron chi connectivity index (χ1n) is 8.39. The molecule has 2 aromatic rings. The van der Waals surface area contributed by atoms with E-state index in [1.54, 1.807) is 31.2 Å². The summed E-state index contributed by atoms with van der Waals surface area (Å²) in [6.07, 6.45) is 0. The molecule has 2 aromatic carbocycles. The summed E-state index contributed by atoms with van der Waals surface area (Å²) in [5.74, 6) is 1.28. The third-order valence-corrected chi connectivity index (χ3v) is 3.63. The molecule has 27 heavy (non-hydrogen) atoms. The van der Waals surface area contributed by atoms with Gasteiger partial charge in [0.2, 0.25) is 11.1 Å². The molecular formula is C19H22N3O5+. The Bertz CT molecular complexity index is 839. The molecule has 0 bridgehead atoms. The van der Waals surface area contributed by atoms with Gasteiger partial charge in [0.25, 0.3) is 5.91 Å². The van der Waals surface area contributed by atoms with Crippen molar-refractivity contribution in [3.05, 3.63) is 40.9 Å². The van der Waals surface area contributed by atoms with Crippen LogP contribution in [0, 0.1) is 5.39 Å². The number of diazo groups is 1. The summed E-state index contributed by atoms with van der Waals surface area (Å²) in [5.41, 5.74) is 0.948. The number of hydrogen-bond acceptors (Lipinski definition) is 6. The molecule has 0 heterocycles. The van der Waals surface area contributed by atoms with Gasteiger partial charge in [-0.3, -0.25) is 4.79 Å². The van der Waals surface area contributed by atoms with E-state index in [1.807, 2.05) is 6.92 Å². The fraction of sp³-hybridized carbons (Fsp3) is 0.316. The highest BCUT2D eigenvalue weighted by atomic mass is 16.5. The van der Waals surface area contributed by atoms with Crippen molar-refractivity contribution in [2.24, 2.45) is 0 Å². The fourth-order valence-electron chi connectivity index (χ4n) is 2.40. The number of anilines is 1. The minimum atomic E-state index is -0.385. The molecule has 2 rings (SSSR count). The molecule has 0 radical (unpaired) electrons. The van der Waals surface area contributed by atoms with E-state index in [4.69, 9.17) is 18.9 Å². The lowest BCUT2D eigenvalue weighted by Crippen LogP contribution is -2.13. The SMILES string of the molecule is CCOc1cc(NC(=O)c2cc(OC)cc(OC)c2)c(OCC)cc1[N+]#N. The number of benzene rings is 2. The average Bonchev–Trinajstić information content (AvgIpc) is 2.69. The summed E-state index contributed by atoms with van der Waals surface area (Å²) < 4.78 is 21.4. The molecule has 0 saturated heterocycles. The molecule has 1 amide bonds. The van der Waals surface area contributed by atoms with Crippen molar-refractivity contribution < 1.29 is 23.7 Å². The van der Waals surface area contributed by atoms with Crippen molar-refractivity contribution in [3.8, 4) is 23.0 Å². The number of nitrogens with zero attached hydrogens (tertiary/aromatic N) is 2. The summed E-state index contributed by atoms with van der Waals surface area (Å²) in [6, 6.07) is 7.92. The van der Waals surface area contributed by atoms with Gasteiger partial charge in [0, 0.05) is 17.7 Å². The van der Waals surface area contributed by atoms with Gasteiger partial charge in [-0.15, -0.1) is 0 Å². The highest BCUT2D eigenvalue weighted by molar-refractivity contribution is 6.06. The number of ether oxygens (including phenoxy) is 4. The van der Waals surface area contributed by atoms with Gasteiger partial charge in [0.15, 0.2) is 10.7 Å². The summed E-state index contributed by atoms with van der Waals surface area (Å²) in [7, 11) is 3.02. The Morgan fingerprint density at radius 3 is 2.07 bits per heavy atom. The third-order valence-electron chi connectivity index (χ3n) is 3.63. The molecule has 0 aromatic heterocycles. The smallest absolute Gasteiger partial charge is 0.430 e. The molecule has 0 fully saturated rings. The highest BCUT2D eigenvalue weighted by Gasteiger charge is 2.22. The number of nitrogens with one attached hydrogen (secondary N) is 1. The molecule has 0 spiro atoms. The molecule has 8 nitrogen and oxygen atoms in total. The van der Waals surface area contributed by atoms with E-state index in [1.165, 1.54) is 20.3 Å². The number of carbonyl (C=O) groups is 1. The molecule has 0 saturated carbocycles. The summed E-state index contributed by atoms with van der Waals surface area (Å²) in [4.78, 5) is 15.9. The summed E-state index contributed by atoms with van der Waals surface area (Å²) in [6.45, 7) is 4.36. The first-order chi connectivity index (χ1) is 13.1. The Labute approximate surface area is 157 Å². The van der Waals surface area contributed by atoms with E-state index in [-0.39, 0.29) is 11.6 Å². The zero-order valence-corrected chi connectivity index (χ0v) is 15.7. The van der Waals surface area contributed by atoms with Crippen LogP contribution in [-0.4, -0.2) is 33.3 Å². The second-order valence-electron chi connectivity index (χ2n) is 5.34. The number of hydrogen-bond donors (Lipinski definition) is 1. The van der Waals surface area contributed by atoms with Gasteiger partial charge >= 0.3 is 5.69 Å².